The molecule has 0 saturated heterocycles. The van der Waals surface area contributed by atoms with E-state index in [0.717, 1.165) is 28.3 Å². The predicted molar refractivity (Wildman–Crippen MR) is 68.7 cm³/mol. The van der Waals surface area contributed by atoms with E-state index in [1.807, 2.05) is 13.8 Å². The van der Waals surface area contributed by atoms with Gasteiger partial charge in [-0.3, -0.25) is 9.78 Å². The Labute approximate surface area is 105 Å². The number of hydrogen-bond donors (Lipinski definition) is 1. The molecule has 0 bridgehead atoms. The van der Waals surface area contributed by atoms with Gasteiger partial charge in [-0.25, -0.2) is 0 Å². The molecular formula is C12H17NO3S. The van der Waals surface area contributed by atoms with Crippen molar-refractivity contribution in [2.75, 3.05) is 12.9 Å². The molecule has 1 aromatic rings. The van der Waals surface area contributed by atoms with Gasteiger partial charge in [-0.2, -0.15) is 11.8 Å². The fraction of sp³-hybridized carbons (Fsp3) is 0.500. The minimum Gasteiger partial charge on any atom is -0.496 e. The van der Waals surface area contributed by atoms with E-state index in [0.29, 0.717) is 5.75 Å². The molecule has 0 radical (unpaired) electrons. The Balaban J connectivity index is 2.63. The van der Waals surface area contributed by atoms with E-state index in [-0.39, 0.29) is 6.42 Å². The highest BCUT2D eigenvalue weighted by Gasteiger charge is 2.09. The molecule has 5 heteroatoms. The summed E-state index contributed by atoms with van der Waals surface area (Å²) in [5.41, 5.74) is 3.02. The third kappa shape index (κ3) is 3.93. The van der Waals surface area contributed by atoms with E-state index in [2.05, 4.69) is 4.98 Å². The molecule has 0 aliphatic heterocycles. The van der Waals surface area contributed by atoms with Crippen molar-refractivity contribution in [2.24, 2.45) is 0 Å². The number of aliphatic carboxylic acids is 1. The van der Waals surface area contributed by atoms with Crippen LogP contribution >= 0.6 is 11.8 Å². The first kappa shape index (κ1) is 13.8. The van der Waals surface area contributed by atoms with Crippen molar-refractivity contribution in [1.82, 2.24) is 4.98 Å². The second kappa shape index (κ2) is 6.49. The number of rotatable bonds is 6. The maximum absolute atomic E-state index is 10.4. The number of carbonyl (C=O) groups is 1. The minimum atomic E-state index is -0.760. The molecule has 0 amide bonds. The molecule has 0 aliphatic carbocycles. The van der Waals surface area contributed by atoms with Gasteiger partial charge in [-0.1, -0.05) is 0 Å². The number of aromatic nitrogens is 1. The number of ether oxygens (including phenoxy) is 1. The average molecular weight is 255 g/mol. The Morgan fingerprint density at radius 1 is 1.53 bits per heavy atom. The Morgan fingerprint density at radius 2 is 2.24 bits per heavy atom. The molecule has 0 aliphatic rings. The van der Waals surface area contributed by atoms with Gasteiger partial charge in [-0.15, -0.1) is 0 Å². The van der Waals surface area contributed by atoms with Crippen LogP contribution in [-0.2, 0) is 10.5 Å². The number of carboxylic acid groups (broad SMARTS) is 1. The van der Waals surface area contributed by atoms with Gasteiger partial charge in [0.1, 0.15) is 5.75 Å². The van der Waals surface area contributed by atoms with Gasteiger partial charge < -0.3 is 9.84 Å². The lowest BCUT2D eigenvalue weighted by Crippen LogP contribution is -2.00. The molecule has 0 saturated carbocycles. The predicted octanol–water partition coefficient (Wildman–Crippen LogP) is 2.41. The lowest BCUT2D eigenvalue weighted by Gasteiger charge is -2.11. The van der Waals surface area contributed by atoms with Crippen LogP contribution < -0.4 is 4.74 Å². The topological polar surface area (TPSA) is 59.4 Å². The zero-order valence-corrected chi connectivity index (χ0v) is 11.1. The van der Waals surface area contributed by atoms with Crippen LogP contribution in [0.5, 0.6) is 5.75 Å². The van der Waals surface area contributed by atoms with Crippen LogP contribution in [0.3, 0.4) is 0 Å². The summed E-state index contributed by atoms with van der Waals surface area (Å²) in [7, 11) is 1.65. The van der Waals surface area contributed by atoms with Gasteiger partial charge in [0.05, 0.1) is 19.2 Å². The third-order valence-electron chi connectivity index (χ3n) is 2.45. The van der Waals surface area contributed by atoms with Gasteiger partial charge in [0.2, 0.25) is 0 Å². The summed E-state index contributed by atoms with van der Waals surface area (Å²) in [6.07, 6.45) is 1.98. The van der Waals surface area contributed by atoms with E-state index in [1.54, 1.807) is 25.1 Å². The molecule has 1 aromatic heterocycles. The van der Waals surface area contributed by atoms with Crippen molar-refractivity contribution in [3.05, 3.63) is 23.0 Å². The summed E-state index contributed by atoms with van der Waals surface area (Å²) in [5, 5.41) is 8.53. The van der Waals surface area contributed by atoms with E-state index in [4.69, 9.17) is 9.84 Å². The Bertz CT molecular complexity index is 407. The Kier molecular flexibility index (Phi) is 5.28. The Morgan fingerprint density at radius 3 is 2.82 bits per heavy atom. The van der Waals surface area contributed by atoms with E-state index < -0.39 is 5.97 Å². The molecule has 17 heavy (non-hydrogen) atoms. The molecule has 1 heterocycles. The molecule has 94 valence electrons. The maximum atomic E-state index is 10.4. The SMILES string of the molecule is COc1c(C)cnc(CSCCC(=O)O)c1C. The van der Waals surface area contributed by atoms with Crippen molar-refractivity contribution >= 4 is 17.7 Å². The lowest BCUT2D eigenvalue weighted by molar-refractivity contribution is -0.136. The summed E-state index contributed by atoms with van der Waals surface area (Å²) >= 11 is 1.58. The summed E-state index contributed by atoms with van der Waals surface area (Å²) in [6.45, 7) is 3.94. The van der Waals surface area contributed by atoms with Crippen molar-refractivity contribution in [3.63, 3.8) is 0 Å². The average Bonchev–Trinajstić information content (AvgIpc) is 2.27. The normalized spacial score (nSPS) is 10.3. The quantitative estimate of drug-likeness (QED) is 0.791. The third-order valence-corrected chi connectivity index (χ3v) is 3.42. The summed E-state index contributed by atoms with van der Waals surface area (Å²) in [6, 6.07) is 0. The van der Waals surface area contributed by atoms with Crippen LogP contribution in [-0.4, -0.2) is 28.9 Å². The van der Waals surface area contributed by atoms with Gasteiger partial charge in [0.25, 0.3) is 0 Å². The molecule has 0 unspecified atom stereocenters. The fourth-order valence-electron chi connectivity index (χ4n) is 1.54. The number of hydrogen-bond acceptors (Lipinski definition) is 4. The lowest BCUT2D eigenvalue weighted by atomic mass is 10.1. The number of nitrogens with zero attached hydrogens (tertiary/aromatic N) is 1. The highest BCUT2D eigenvalue weighted by atomic mass is 32.2. The van der Waals surface area contributed by atoms with E-state index in [1.165, 1.54) is 0 Å². The van der Waals surface area contributed by atoms with Gasteiger partial charge in [-0.05, 0) is 13.8 Å². The first-order chi connectivity index (χ1) is 8.06. The first-order valence-electron chi connectivity index (χ1n) is 5.35. The van der Waals surface area contributed by atoms with E-state index >= 15 is 0 Å². The van der Waals surface area contributed by atoms with Crippen molar-refractivity contribution < 1.29 is 14.6 Å². The molecular weight excluding hydrogens is 238 g/mol. The van der Waals surface area contributed by atoms with Crippen molar-refractivity contribution in [3.8, 4) is 5.75 Å². The maximum Gasteiger partial charge on any atom is 0.304 e. The largest absolute Gasteiger partial charge is 0.496 e. The number of pyridine rings is 1. The number of carboxylic acids is 1. The fourth-order valence-corrected chi connectivity index (χ4v) is 2.49. The number of thioether (sulfide) groups is 1. The van der Waals surface area contributed by atoms with Crippen molar-refractivity contribution in [2.45, 2.75) is 26.0 Å². The van der Waals surface area contributed by atoms with Crippen LogP contribution in [0.1, 0.15) is 23.2 Å². The monoisotopic (exact) mass is 255 g/mol. The second-order valence-corrected chi connectivity index (χ2v) is 4.85. The van der Waals surface area contributed by atoms with E-state index in [9.17, 15) is 4.79 Å². The van der Waals surface area contributed by atoms with Crippen LogP contribution in [0, 0.1) is 13.8 Å². The number of aryl methyl sites for hydroxylation is 1. The zero-order valence-electron chi connectivity index (χ0n) is 10.3. The van der Waals surface area contributed by atoms with Crippen molar-refractivity contribution in [1.29, 1.82) is 0 Å². The Hall–Kier alpha value is -1.23. The molecule has 0 spiro atoms. The number of methoxy groups -OCH3 is 1. The molecule has 0 atom stereocenters. The molecule has 1 N–H and O–H groups in total. The molecule has 0 aromatic carbocycles. The van der Waals surface area contributed by atoms with Gasteiger partial charge >= 0.3 is 5.97 Å². The smallest absolute Gasteiger partial charge is 0.304 e. The highest BCUT2D eigenvalue weighted by molar-refractivity contribution is 7.98. The standard InChI is InChI=1S/C12H17NO3S/c1-8-6-13-10(9(2)12(8)16-3)7-17-5-4-11(14)15/h6H,4-5,7H2,1-3H3,(H,14,15). The van der Waals surface area contributed by atoms with Gasteiger partial charge in [0, 0.05) is 28.8 Å². The van der Waals surface area contributed by atoms with Crippen LogP contribution in [0.2, 0.25) is 0 Å². The molecule has 1 rings (SSSR count). The zero-order chi connectivity index (χ0) is 12.8. The minimum absolute atomic E-state index is 0.187. The van der Waals surface area contributed by atoms with Gasteiger partial charge in [0.15, 0.2) is 0 Å². The first-order valence-corrected chi connectivity index (χ1v) is 6.50. The summed E-state index contributed by atoms with van der Waals surface area (Å²) < 4.78 is 5.32. The van der Waals surface area contributed by atoms with Crippen LogP contribution in [0.25, 0.3) is 0 Å². The second-order valence-electron chi connectivity index (χ2n) is 3.74. The summed E-state index contributed by atoms with van der Waals surface area (Å²) in [5.74, 6) is 1.43. The van der Waals surface area contributed by atoms with Crippen LogP contribution in [0.4, 0.5) is 0 Å². The highest BCUT2D eigenvalue weighted by Crippen LogP contribution is 2.26. The van der Waals surface area contributed by atoms with Crippen LogP contribution in [0.15, 0.2) is 6.20 Å². The summed E-state index contributed by atoms with van der Waals surface area (Å²) in [4.78, 5) is 14.7. The molecule has 0 fully saturated rings. The molecule has 4 nitrogen and oxygen atoms in total.